The quantitative estimate of drug-likeness (QED) is 0.853. The van der Waals surface area contributed by atoms with Crippen LogP contribution in [0.3, 0.4) is 0 Å². The van der Waals surface area contributed by atoms with Crippen LogP contribution >= 0.6 is 0 Å². The molecular formula is C11H19N3O3. The SMILES string of the molecule is CC(C)(C)OCc1nc(C2COCCN2)no1. The van der Waals surface area contributed by atoms with E-state index in [0.717, 1.165) is 13.2 Å². The van der Waals surface area contributed by atoms with Crippen molar-refractivity contribution >= 4 is 0 Å². The van der Waals surface area contributed by atoms with E-state index in [9.17, 15) is 0 Å². The Kier molecular flexibility index (Phi) is 3.76. The van der Waals surface area contributed by atoms with Gasteiger partial charge in [0, 0.05) is 6.54 Å². The van der Waals surface area contributed by atoms with E-state index in [-0.39, 0.29) is 11.6 Å². The molecule has 1 fully saturated rings. The maximum Gasteiger partial charge on any atom is 0.252 e. The molecule has 1 aromatic heterocycles. The third-order valence-corrected chi connectivity index (χ3v) is 2.35. The first kappa shape index (κ1) is 12.5. The highest BCUT2D eigenvalue weighted by Crippen LogP contribution is 2.14. The first-order valence-corrected chi connectivity index (χ1v) is 5.82. The van der Waals surface area contributed by atoms with Crippen LogP contribution in [0.4, 0.5) is 0 Å². The zero-order valence-corrected chi connectivity index (χ0v) is 10.5. The van der Waals surface area contributed by atoms with Gasteiger partial charge in [0.1, 0.15) is 6.61 Å². The standard InChI is InChI=1S/C11H19N3O3/c1-11(2,3)16-7-9-13-10(14-17-9)8-6-15-5-4-12-8/h8,12H,4-7H2,1-3H3. The zero-order valence-electron chi connectivity index (χ0n) is 10.5. The summed E-state index contributed by atoms with van der Waals surface area (Å²) < 4.78 is 16.0. The zero-order chi connectivity index (χ0) is 12.3. The Morgan fingerprint density at radius 1 is 1.47 bits per heavy atom. The number of ether oxygens (including phenoxy) is 2. The van der Waals surface area contributed by atoms with E-state index in [1.165, 1.54) is 0 Å². The van der Waals surface area contributed by atoms with Gasteiger partial charge in [-0.1, -0.05) is 5.16 Å². The summed E-state index contributed by atoms with van der Waals surface area (Å²) in [5.41, 5.74) is -0.208. The van der Waals surface area contributed by atoms with Gasteiger partial charge < -0.3 is 19.3 Å². The van der Waals surface area contributed by atoms with E-state index in [4.69, 9.17) is 14.0 Å². The second kappa shape index (κ2) is 5.12. The molecule has 0 saturated carbocycles. The van der Waals surface area contributed by atoms with Gasteiger partial charge in [-0.3, -0.25) is 0 Å². The number of rotatable bonds is 3. The number of aromatic nitrogens is 2. The van der Waals surface area contributed by atoms with Gasteiger partial charge in [0.15, 0.2) is 5.82 Å². The maximum atomic E-state index is 5.57. The van der Waals surface area contributed by atoms with Crippen LogP contribution in [0.15, 0.2) is 4.52 Å². The predicted octanol–water partition coefficient (Wildman–Crippen LogP) is 1.05. The summed E-state index contributed by atoms with van der Waals surface area (Å²) in [5, 5.41) is 7.20. The smallest absolute Gasteiger partial charge is 0.252 e. The monoisotopic (exact) mass is 241 g/mol. The van der Waals surface area contributed by atoms with Crippen molar-refractivity contribution in [2.24, 2.45) is 0 Å². The average molecular weight is 241 g/mol. The second-order valence-corrected chi connectivity index (χ2v) is 5.03. The molecule has 2 heterocycles. The fourth-order valence-electron chi connectivity index (χ4n) is 1.48. The van der Waals surface area contributed by atoms with Gasteiger partial charge in [0.2, 0.25) is 0 Å². The topological polar surface area (TPSA) is 69.4 Å². The highest BCUT2D eigenvalue weighted by Gasteiger charge is 2.21. The molecule has 6 nitrogen and oxygen atoms in total. The number of nitrogens with zero attached hydrogens (tertiary/aromatic N) is 2. The third kappa shape index (κ3) is 3.76. The molecule has 1 N–H and O–H groups in total. The van der Waals surface area contributed by atoms with Crippen LogP contribution < -0.4 is 5.32 Å². The van der Waals surface area contributed by atoms with Gasteiger partial charge in [-0.2, -0.15) is 4.98 Å². The molecule has 2 rings (SSSR count). The van der Waals surface area contributed by atoms with Crippen molar-refractivity contribution < 1.29 is 14.0 Å². The minimum atomic E-state index is -0.208. The number of hydrogen-bond acceptors (Lipinski definition) is 6. The number of morpholine rings is 1. The molecule has 1 unspecified atom stereocenters. The van der Waals surface area contributed by atoms with E-state index in [0.29, 0.717) is 24.9 Å². The van der Waals surface area contributed by atoms with Crippen LogP contribution in [-0.4, -0.2) is 35.5 Å². The Morgan fingerprint density at radius 3 is 2.94 bits per heavy atom. The molecule has 17 heavy (non-hydrogen) atoms. The second-order valence-electron chi connectivity index (χ2n) is 5.03. The number of nitrogens with one attached hydrogen (secondary N) is 1. The highest BCUT2D eigenvalue weighted by atomic mass is 16.5. The lowest BCUT2D eigenvalue weighted by Crippen LogP contribution is -2.35. The normalized spacial score (nSPS) is 21.7. The minimum absolute atomic E-state index is 0.0240. The Hall–Kier alpha value is -0.980. The molecule has 1 aliphatic heterocycles. The van der Waals surface area contributed by atoms with Gasteiger partial charge in [-0.05, 0) is 20.8 Å². The first-order chi connectivity index (χ1) is 8.04. The molecule has 0 amide bonds. The molecule has 1 atom stereocenters. The molecule has 1 aliphatic rings. The van der Waals surface area contributed by atoms with E-state index in [1.54, 1.807) is 0 Å². The van der Waals surface area contributed by atoms with Gasteiger partial charge in [0.25, 0.3) is 5.89 Å². The van der Waals surface area contributed by atoms with Crippen LogP contribution in [0.2, 0.25) is 0 Å². The van der Waals surface area contributed by atoms with Crippen molar-refractivity contribution in [1.82, 2.24) is 15.5 Å². The lowest BCUT2D eigenvalue weighted by Gasteiger charge is -2.20. The third-order valence-electron chi connectivity index (χ3n) is 2.35. The molecule has 0 bridgehead atoms. The summed E-state index contributed by atoms with van der Waals surface area (Å²) >= 11 is 0. The van der Waals surface area contributed by atoms with E-state index in [2.05, 4.69) is 15.5 Å². The van der Waals surface area contributed by atoms with Crippen LogP contribution in [0.25, 0.3) is 0 Å². The van der Waals surface area contributed by atoms with Crippen molar-refractivity contribution in [3.8, 4) is 0 Å². The molecule has 1 aromatic rings. The Bertz CT molecular complexity index is 353. The molecule has 0 radical (unpaired) electrons. The van der Waals surface area contributed by atoms with Crippen molar-refractivity contribution in [2.75, 3.05) is 19.8 Å². The van der Waals surface area contributed by atoms with Gasteiger partial charge in [-0.15, -0.1) is 0 Å². The fourth-order valence-corrected chi connectivity index (χ4v) is 1.48. The van der Waals surface area contributed by atoms with Crippen LogP contribution in [0.5, 0.6) is 0 Å². The molecule has 6 heteroatoms. The summed E-state index contributed by atoms with van der Waals surface area (Å²) in [7, 11) is 0. The van der Waals surface area contributed by atoms with Crippen molar-refractivity contribution in [1.29, 1.82) is 0 Å². The molecular weight excluding hydrogens is 222 g/mol. The summed E-state index contributed by atoms with van der Waals surface area (Å²) in [5.74, 6) is 1.14. The molecule has 0 spiro atoms. The largest absolute Gasteiger partial charge is 0.378 e. The lowest BCUT2D eigenvalue weighted by molar-refractivity contribution is -0.0260. The van der Waals surface area contributed by atoms with Gasteiger partial charge in [0.05, 0.1) is 24.9 Å². The summed E-state index contributed by atoms with van der Waals surface area (Å²) in [4.78, 5) is 4.29. The number of hydrogen-bond donors (Lipinski definition) is 1. The molecule has 0 aromatic carbocycles. The van der Waals surface area contributed by atoms with Crippen LogP contribution in [0.1, 0.15) is 38.5 Å². The Balaban J connectivity index is 1.91. The molecule has 1 saturated heterocycles. The molecule has 0 aliphatic carbocycles. The summed E-state index contributed by atoms with van der Waals surface area (Å²) in [6.45, 7) is 8.42. The highest BCUT2D eigenvalue weighted by molar-refractivity contribution is 4.95. The van der Waals surface area contributed by atoms with E-state index in [1.807, 2.05) is 20.8 Å². The van der Waals surface area contributed by atoms with Crippen molar-refractivity contribution in [3.63, 3.8) is 0 Å². The van der Waals surface area contributed by atoms with Crippen molar-refractivity contribution in [2.45, 2.75) is 39.0 Å². The average Bonchev–Trinajstić information content (AvgIpc) is 2.75. The van der Waals surface area contributed by atoms with E-state index >= 15 is 0 Å². The fraction of sp³-hybridized carbons (Fsp3) is 0.818. The van der Waals surface area contributed by atoms with Crippen molar-refractivity contribution in [3.05, 3.63) is 11.7 Å². The van der Waals surface area contributed by atoms with Gasteiger partial charge in [-0.25, -0.2) is 0 Å². The Labute approximate surface area is 101 Å². The summed E-state index contributed by atoms with van der Waals surface area (Å²) in [6, 6.07) is 0.0240. The van der Waals surface area contributed by atoms with Crippen LogP contribution in [0, 0.1) is 0 Å². The van der Waals surface area contributed by atoms with E-state index < -0.39 is 0 Å². The lowest BCUT2D eigenvalue weighted by atomic mass is 10.2. The van der Waals surface area contributed by atoms with Crippen LogP contribution in [-0.2, 0) is 16.1 Å². The molecule has 96 valence electrons. The first-order valence-electron chi connectivity index (χ1n) is 5.82. The Morgan fingerprint density at radius 2 is 2.29 bits per heavy atom. The predicted molar refractivity (Wildman–Crippen MR) is 60.4 cm³/mol. The van der Waals surface area contributed by atoms with Gasteiger partial charge >= 0.3 is 0 Å². The summed E-state index contributed by atoms with van der Waals surface area (Å²) in [6.07, 6.45) is 0. The maximum absolute atomic E-state index is 5.57. The minimum Gasteiger partial charge on any atom is -0.378 e.